The summed E-state index contributed by atoms with van der Waals surface area (Å²) in [6.45, 7) is 4.41. The van der Waals surface area contributed by atoms with Crippen molar-refractivity contribution in [2.24, 2.45) is 0 Å². The Kier molecular flexibility index (Phi) is 6.56. The molecule has 1 amide bonds. The molecular formula is C15H21NO4. The monoisotopic (exact) mass is 279 g/mol. The van der Waals surface area contributed by atoms with E-state index in [1.54, 1.807) is 6.92 Å². The molecule has 0 saturated carbocycles. The number of aliphatic carboxylic acids is 1. The minimum absolute atomic E-state index is 0.152. The van der Waals surface area contributed by atoms with E-state index in [0.29, 0.717) is 19.6 Å². The van der Waals surface area contributed by atoms with E-state index in [0.717, 1.165) is 11.3 Å². The summed E-state index contributed by atoms with van der Waals surface area (Å²) in [6, 6.07) is 7.58. The number of para-hydroxylation sites is 1. The number of carboxylic acids is 1. The summed E-state index contributed by atoms with van der Waals surface area (Å²) in [4.78, 5) is 24.0. The van der Waals surface area contributed by atoms with Crippen molar-refractivity contribution in [2.75, 3.05) is 19.7 Å². The third-order valence-electron chi connectivity index (χ3n) is 2.94. The van der Waals surface area contributed by atoms with Gasteiger partial charge in [-0.2, -0.15) is 0 Å². The molecule has 0 spiro atoms. The maximum atomic E-state index is 12.0. The number of benzene rings is 1. The second-order valence-corrected chi connectivity index (χ2v) is 4.34. The summed E-state index contributed by atoms with van der Waals surface area (Å²) in [5.41, 5.74) is 0.967. The Balaban J connectivity index is 2.62. The van der Waals surface area contributed by atoms with Crippen LogP contribution in [0.5, 0.6) is 5.75 Å². The van der Waals surface area contributed by atoms with E-state index in [9.17, 15) is 9.59 Å². The van der Waals surface area contributed by atoms with Gasteiger partial charge in [0.2, 0.25) is 5.91 Å². The van der Waals surface area contributed by atoms with Crippen LogP contribution < -0.4 is 4.74 Å². The van der Waals surface area contributed by atoms with Gasteiger partial charge in [-0.25, -0.2) is 0 Å². The van der Waals surface area contributed by atoms with E-state index in [4.69, 9.17) is 9.84 Å². The largest absolute Gasteiger partial charge is 0.494 e. The summed E-state index contributed by atoms with van der Waals surface area (Å²) >= 11 is 0. The first-order valence-corrected chi connectivity index (χ1v) is 6.78. The van der Waals surface area contributed by atoms with E-state index in [1.165, 1.54) is 4.90 Å². The molecular weight excluding hydrogens is 258 g/mol. The molecule has 0 saturated heterocycles. The molecule has 1 N–H and O–H groups in total. The minimum atomic E-state index is -0.991. The Morgan fingerprint density at radius 3 is 2.55 bits per heavy atom. The van der Waals surface area contributed by atoms with Crippen LogP contribution in [0.25, 0.3) is 0 Å². The summed E-state index contributed by atoms with van der Waals surface area (Å²) in [5.74, 6) is -0.361. The van der Waals surface area contributed by atoms with Crippen molar-refractivity contribution in [1.29, 1.82) is 0 Å². The van der Waals surface area contributed by atoms with Crippen LogP contribution in [0.1, 0.15) is 25.8 Å². The third kappa shape index (κ3) is 4.91. The Labute approximate surface area is 119 Å². The van der Waals surface area contributed by atoms with Gasteiger partial charge < -0.3 is 14.7 Å². The fourth-order valence-electron chi connectivity index (χ4n) is 1.95. The summed E-state index contributed by atoms with van der Waals surface area (Å²) in [6.07, 6.45) is 0.830. The molecule has 1 rings (SSSR count). The van der Waals surface area contributed by atoms with Crippen LogP contribution in [-0.2, 0) is 16.0 Å². The number of likely N-dealkylation sites (N-methyl/N-ethyl adjacent to an activating group) is 1. The predicted molar refractivity (Wildman–Crippen MR) is 75.8 cm³/mol. The van der Waals surface area contributed by atoms with Crippen LogP contribution in [0.3, 0.4) is 0 Å². The van der Waals surface area contributed by atoms with Gasteiger partial charge in [-0.1, -0.05) is 18.2 Å². The highest BCUT2D eigenvalue weighted by Gasteiger charge is 2.15. The molecule has 0 atom stereocenters. The number of carbonyl (C=O) groups excluding carboxylic acids is 1. The summed E-state index contributed by atoms with van der Waals surface area (Å²) in [5, 5.41) is 8.75. The van der Waals surface area contributed by atoms with Gasteiger partial charge in [0.25, 0.3) is 0 Å². The molecule has 1 aromatic carbocycles. The molecule has 0 aliphatic rings. The number of aryl methyl sites for hydroxylation is 1. The lowest BCUT2D eigenvalue weighted by Gasteiger charge is -2.18. The number of rotatable bonds is 8. The number of nitrogens with zero attached hydrogens (tertiary/aromatic N) is 1. The van der Waals surface area contributed by atoms with Crippen molar-refractivity contribution in [3.63, 3.8) is 0 Å². The van der Waals surface area contributed by atoms with Crippen LogP contribution in [0.15, 0.2) is 24.3 Å². The highest BCUT2D eigenvalue weighted by molar-refractivity contribution is 5.81. The number of amides is 1. The van der Waals surface area contributed by atoms with Gasteiger partial charge in [-0.15, -0.1) is 0 Å². The van der Waals surface area contributed by atoms with Crippen LogP contribution >= 0.6 is 0 Å². The second kappa shape index (κ2) is 8.19. The van der Waals surface area contributed by atoms with E-state index in [1.807, 2.05) is 31.2 Å². The van der Waals surface area contributed by atoms with Crippen molar-refractivity contribution in [1.82, 2.24) is 4.90 Å². The van der Waals surface area contributed by atoms with Crippen molar-refractivity contribution in [3.8, 4) is 5.75 Å². The van der Waals surface area contributed by atoms with E-state index in [2.05, 4.69) is 0 Å². The number of ether oxygens (including phenoxy) is 1. The first kappa shape index (κ1) is 16.0. The molecule has 0 bridgehead atoms. The lowest BCUT2D eigenvalue weighted by Crippen LogP contribution is -2.35. The van der Waals surface area contributed by atoms with Gasteiger partial charge in [0.1, 0.15) is 12.3 Å². The predicted octanol–water partition coefficient (Wildman–Crippen LogP) is 1.95. The fraction of sp³-hybridized carbons (Fsp3) is 0.467. The van der Waals surface area contributed by atoms with Crippen LogP contribution in [0, 0.1) is 0 Å². The first-order valence-electron chi connectivity index (χ1n) is 6.78. The van der Waals surface area contributed by atoms with E-state index >= 15 is 0 Å². The molecule has 0 fully saturated rings. The minimum Gasteiger partial charge on any atom is -0.494 e. The number of hydrogen-bond donors (Lipinski definition) is 1. The molecule has 5 nitrogen and oxygen atoms in total. The van der Waals surface area contributed by atoms with Gasteiger partial charge in [0.05, 0.1) is 6.61 Å². The first-order chi connectivity index (χ1) is 9.58. The molecule has 0 heterocycles. The SMILES string of the molecule is CCOc1ccccc1CCC(=O)N(CC)CC(=O)O. The molecule has 1 aromatic rings. The van der Waals surface area contributed by atoms with Gasteiger partial charge in [0.15, 0.2) is 0 Å². The van der Waals surface area contributed by atoms with Gasteiger partial charge in [-0.3, -0.25) is 9.59 Å². The summed E-state index contributed by atoms with van der Waals surface area (Å²) < 4.78 is 5.50. The Morgan fingerprint density at radius 2 is 1.95 bits per heavy atom. The topological polar surface area (TPSA) is 66.8 Å². The van der Waals surface area contributed by atoms with E-state index < -0.39 is 5.97 Å². The number of carbonyl (C=O) groups is 2. The zero-order valence-electron chi connectivity index (χ0n) is 12.0. The van der Waals surface area contributed by atoms with Crippen molar-refractivity contribution in [3.05, 3.63) is 29.8 Å². The lowest BCUT2D eigenvalue weighted by molar-refractivity contribution is -0.144. The molecule has 0 unspecified atom stereocenters. The Morgan fingerprint density at radius 1 is 1.25 bits per heavy atom. The standard InChI is InChI=1S/C15H21NO4/c1-3-16(11-15(18)19)14(17)10-9-12-7-5-6-8-13(12)20-4-2/h5-8H,3-4,9-11H2,1-2H3,(H,18,19). The maximum Gasteiger partial charge on any atom is 0.323 e. The average Bonchev–Trinajstić information content (AvgIpc) is 2.43. The van der Waals surface area contributed by atoms with E-state index in [-0.39, 0.29) is 18.9 Å². The van der Waals surface area contributed by atoms with Crippen molar-refractivity contribution in [2.45, 2.75) is 26.7 Å². The number of carboxylic acid groups (broad SMARTS) is 1. The Hall–Kier alpha value is -2.04. The van der Waals surface area contributed by atoms with Crippen LogP contribution in [0.2, 0.25) is 0 Å². The molecule has 0 aliphatic carbocycles. The van der Waals surface area contributed by atoms with Crippen LogP contribution in [-0.4, -0.2) is 41.6 Å². The lowest BCUT2D eigenvalue weighted by atomic mass is 10.1. The molecule has 0 aliphatic heterocycles. The highest BCUT2D eigenvalue weighted by Crippen LogP contribution is 2.19. The smallest absolute Gasteiger partial charge is 0.323 e. The zero-order chi connectivity index (χ0) is 15.0. The molecule has 0 radical (unpaired) electrons. The number of hydrogen-bond acceptors (Lipinski definition) is 3. The zero-order valence-corrected chi connectivity index (χ0v) is 12.0. The normalized spacial score (nSPS) is 10.1. The summed E-state index contributed by atoms with van der Waals surface area (Å²) in [7, 11) is 0. The van der Waals surface area contributed by atoms with Crippen molar-refractivity contribution < 1.29 is 19.4 Å². The second-order valence-electron chi connectivity index (χ2n) is 4.34. The fourth-order valence-corrected chi connectivity index (χ4v) is 1.95. The molecule has 5 heteroatoms. The van der Waals surface area contributed by atoms with Crippen LogP contribution in [0.4, 0.5) is 0 Å². The van der Waals surface area contributed by atoms with Gasteiger partial charge in [0, 0.05) is 13.0 Å². The maximum absolute atomic E-state index is 12.0. The quantitative estimate of drug-likeness (QED) is 0.790. The van der Waals surface area contributed by atoms with Crippen molar-refractivity contribution >= 4 is 11.9 Å². The molecule has 0 aromatic heterocycles. The van der Waals surface area contributed by atoms with Gasteiger partial charge >= 0.3 is 5.97 Å². The highest BCUT2D eigenvalue weighted by atomic mass is 16.5. The van der Waals surface area contributed by atoms with Gasteiger partial charge in [-0.05, 0) is 31.9 Å². The third-order valence-corrected chi connectivity index (χ3v) is 2.94. The average molecular weight is 279 g/mol. The molecule has 20 heavy (non-hydrogen) atoms. The molecule has 110 valence electrons. The Bertz CT molecular complexity index is 459.